The molecule has 1 aliphatic heterocycles. The lowest BCUT2D eigenvalue weighted by Gasteiger charge is -2.39. The van der Waals surface area contributed by atoms with Gasteiger partial charge < -0.3 is 20.0 Å². The van der Waals surface area contributed by atoms with Crippen molar-refractivity contribution in [3.63, 3.8) is 0 Å². The zero-order valence-corrected chi connectivity index (χ0v) is 9.61. The lowest BCUT2D eigenvalue weighted by atomic mass is 9.74. The monoisotopic (exact) mass is 225 g/mol. The Labute approximate surface area is 95.4 Å². The van der Waals surface area contributed by atoms with E-state index < -0.39 is 6.10 Å². The maximum atomic E-state index is 10.4. The van der Waals surface area contributed by atoms with E-state index in [1.54, 1.807) is 6.26 Å². The van der Waals surface area contributed by atoms with Crippen molar-refractivity contribution in [2.75, 3.05) is 19.8 Å². The maximum absolute atomic E-state index is 10.4. The van der Waals surface area contributed by atoms with Gasteiger partial charge in [0.15, 0.2) is 0 Å². The third-order valence-corrected chi connectivity index (χ3v) is 3.63. The minimum Gasteiger partial charge on any atom is -0.466 e. The average molecular weight is 225 g/mol. The molecule has 0 radical (unpaired) electrons. The molecule has 4 nitrogen and oxygen atoms in total. The van der Waals surface area contributed by atoms with Crippen molar-refractivity contribution < 1.29 is 14.3 Å². The number of ether oxygens (including phenoxy) is 1. The molecule has 1 unspecified atom stereocenters. The second-order valence-corrected chi connectivity index (χ2v) is 4.55. The standard InChI is InChI=1S/C12H19NO3/c1-9-2-5-16-10(9)11(14)12(8-13)3-6-15-7-4-12/h2,5,11,14H,3-4,6-8,13H2,1H3. The van der Waals surface area contributed by atoms with E-state index >= 15 is 0 Å². The van der Waals surface area contributed by atoms with Gasteiger partial charge in [0.05, 0.1) is 6.26 Å². The Bertz CT molecular complexity index is 342. The first kappa shape index (κ1) is 11.6. The molecule has 0 aliphatic carbocycles. The zero-order chi connectivity index (χ0) is 11.6. The van der Waals surface area contributed by atoms with Crippen molar-refractivity contribution in [3.05, 3.63) is 23.7 Å². The van der Waals surface area contributed by atoms with Gasteiger partial charge in [0, 0.05) is 25.2 Å². The van der Waals surface area contributed by atoms with Crippen molar-refractivity contribution in [2.24, 2.45) is 11.1 Å². The quantitative estimate of drug-likeness (QED) is 0.815. The van der Waals surface area contributed by atoms with Crippen LogP contribution in [0.3, 0.4) is 0 Å². The topological polar surface area (TPSA) is 68.6 Å². The molecule has 0 bridgehead atoms. The highest BCUT2D eigenvalue weighted by Gasteiger charge is 2.41. The predicted molar refractivity (Wildman–Crippen MR) is 59.9 cm³/mol. The van der Waals surface area contributed by atoms with Crippen molar-refractivity contribution >= 4 is 0 Å². The van der Waals surface area contributed by atoms with Gasteiger partial charge in [-0.3, -0.25) is 0 Å². The molecule has 1 atom stereocenters. The molecule has 1 aliphatic rings. The average Bonchev–Trinajstić information content (AvgIpc) is 2.75. The molecule has 0 aromatic carbocycles. The summed E-state index contributed by atoms with van der Waals surface area (Å²) < 4.78 is 10.7. The molecule has 2 rings (SSSR count). The minimum absolute atomic E-state index is 0.291. The minimum atomic E-state index is -0.628. The van der Waals surface area contributed by atoms with E-state index in [1.807, 2.05) is 13.0 Å². The fourth-order valence-corrected chi connectivity index (χ4v) is 2.31. The number of aliphatic hydroxyl groups is 1. The molecule has 90 valence electrons. The Hall–Kier alpha value is -0.840. The predicted octanol–water partition coefficient (Wildman–Crippen LogP) is 1.38. The van der Waals surface area contributed by atoms with Gasteiger partial charge in [0.2, 0.25) is 0 Å². The van der Waals surface area contributed by atoms with Crippen LogP contribution in [0.2, 0.25) is 0 Å². The summed E-state index contributed by atoms with van der Waals surface area (Å²) in [5.74, 6) is 0.646. The van der Waals surface area contributed by atoms with E-state index in [0.717, 1.165) is 18.4 Å². The number of rotatable bonds is 3. The van der Waals surface area contributed by atoms with Gasteiger partial charge in [-0.25, -0.2) is 0 Å². The Kier molecular flexibility index (Phi) is 3.33. The lowest BCUT2D eigenvalue weighted by Crippen LogP contribution is -2.41. The fourth-order valence-electron chi connectivity index (χ4n) is 2.31. The molecule has 2 heterocycles. The van der Waals surface area contributed by atoms with E-state index in [4.69, 9.17) is 14.9 Å². The van der Waals surface area contributed by atoms with Crippen LogP contribution >= 0.6 is 0 Å². The first-order valence-corrected chi connectivity index (χ1v) is 5.69. The van der Waals surface area contributed by atoms with Crippen LogP contribution in [-0.2, 0) is 4.74 Å². The summed E-state index contributed by atoms with van der Waals surface area (Å²) in [5, 5.41) is 10.4. The molecular formula is C12H19NO3. The van der Waals surface area contributed by atoms with Crippen molar-refractivity contribution in [1.82, 2.24) is 0 Å². The van der Waals surface area contributed by atoms with Crippen LogP contribution in [0.25, 0.3) is 0 Å². The molecular weight excluding hydrogens is 206 g/mol. The van der Waals surface area contributed by atoms with Gasteiger partial charge in [-0.15, -0.1) is 0 Å². The summed E-state index contributed by atoms with van der Waals surface area (Å²) in [6.45, 7) is 3.71. The summed E-state index contributed by atoms with van der Waals surface area (Å²) in [7, 11) is 0. The highest BCUT2D eigenvalue weighted by Crippen LogP contribution is 2.42. The van der Waals surface area contributed by atoms with Crippen LogP contribution < -0.4 is 5.73 Å². The molecule has 3 N–H and O–H groups in total. The number of aryl methyl sites for hydroxylation is 1. The van der Waals surface area contributed by atoms with E-state index in [-0.39, 0.29) is 5.41 Å². The van der Waals surface area contributed by atoms with Crippen LogP contribution in [0.1, 0.15) is 30.3 Å². The van der Waals surface area contributed by atoms with Gasteiger partial charge in [0.25, 0.3) is 0 Å². The van der Waals surface area contributed by atoms with Crippen molar-refractivity contribution in [1.29, 1.82) is 0 Å². The second kappa shape index (κ2) is 4.57. The molecule has 0 saturated carbocycles. The largest absolute Gasteiger partial charge is 0.466 e. The van der Waals surface area contributed by atoms with Gasteiger partial charge in [-0.2, -0.15) is 0 Å². The SMILES string of the molecule is Cc1ccoc1C(O)C1(CN)CCOCC1. The second-order valence-electron chi connectivity index (χ2n) is 4.55. The number of hydrogen-bond acceptors (Lipinski definition) is 4. The van der Waals surface area contributed by atoms with Crippen LogP contribution in [0, 0.1) is 12.3 Å². The highest BCUT2D eigenvalue weighted by molar-refractivity contribution is 5.19. The lowest BCUT2D eigenvalue weighted by molar-refractivity contribution is -0.0661. The molecule has 4 heteroatoms. The molecule has 1 aromatic rings. The van der Waals surface area contributed by atoms with Crippen LogP contribution in [0.4, 0.5) is 0 Å². The summed E-state index contributed by atoms with van der Waals surface area (Å²) in [5.41, 5.74) is 6.53. The van der Waals surface area contributed by atoms with Gasteiger partial charge in [-0.1, -0.05) is 0 Å². The molecule has 1 aromatic heterocycles. The van der Waals surface area contributed by atoms with E-state index in [9.17, 15) is 5.11 Å². The molecule has 0 spiro atoms. The Morgan fingerprint density at radius 1 is 1.50 bits per heavy atom. The number of nitrogens with two attached hydrogens (primary N) is 1. The van der Waals surface area contributed by atoms with Crippen LogP contribution in [-0.4, -0.2) is 24.9 Å². The first-order chi connectivity index (χ1) is 7.69. The maximum Gasteiger partial charge on any atom is 0.135 e. The van der Waals surface area contributed by atoms with E-state index in [0.29, 0.717) is 25.5 Å². The fraction of sp³-hybridized carbons (Fsp3) is 0.667. The Morgan fingerprint density at radius 2 is 2.19 bits per heavy atom. The number of furan rings is 1. The summed E-state index contributed by atoms with van der Waals surface area (Å²) in [6.07, 6.45) is 2.55. The first-order valence-electron chi connectivity index (χ1n) is 5.69. The molecule has 16 heavy (non-hydrogen) atoms. The normalized spacial score (nSPS) is 21.9. The highest BCUT2D eigenvalue weighted by atomic mass is 16.5. The Morgan fingerprint density at radius 3 is 2.69 bits per heavy atom. The van der Waals surface area contributed by atoms with Crippen molar-refractivity contribution in [3.8, 4) is 0 Å². The Balaban J connectivity index is 2.24. The van der Waals surface area contributed by atoms with E-state index in [1.165, 1.54) is 0 Å². The third-order valence-electron chi connectivity index (χ3n) is 3.63. The van der Waals surface area contributed by atoms with E-state index in [2.05, 4.69) is 0 Å². The van der Waals surface area contributed by atoms with Crippen LogP contribution in [0.15, 0.2) is 16.7 Å². The van der Waals surface area contributed by atoms with Gasteiger partial charge in [-0.05, 0) is 31.4 Å². The summed E-state index contributed by atoms with van der Waals surface area (Å²) >= 11 is 0. The number of hydrogen-bond donors (Lipinski definition) is 2. The van der Waals surface area contributed by atoms with Gasteiger partial charge >= 0.3 is 0 Å². The summed E-state index contributed by atoms with van der Waals surface area (Å²) in [6, 6.07) is 1.86. The smallest absolute Gasteiger partial charge is 0.135 e. The van der Waals surface area contributed by atoms with Crippen LogP contribution in [0.5, 0.6) is 0 Å². The molecule has 0 amide bonds. The molecule has 1 fully saturated rings. The summed E-state index contributed by atoms with van der Waals surface area (Å²) in [4.78, 5) is 0. The zero-order valence-electron chi connectivity index (χ0n) is 9.61. The van der Waals surface area contributed by atoms with Gasteiger partial charge in [0.1, 0.15) is 11.9 Å². The third kappa shape index (κ3) is 1.88. The van der Waals surface area contributed by atoms with Crippen molar-refractivity contribution in [2.45, 2.75) is 25.9 Å². The molecule has 1 saturated heterocycles. The number of aliphatic hydroxyl groups excluding tert-OH is 1.